The minimum Gasteiger partial charge on any atom is -0.340 e. The average Bonchev–Trinajstić information content (AvgIpc) is 2.58. The first kappa shape index (κ1) is 10.2. The van der Waals surface area contributed by atoms with E-state index < -0.39 is 0 Å². The summed E-state index contributed by atoms with van der Waals surface area (Å²) in [4.78, 5) is 0. The molecule has 0 unspecified atom stereocenters. The summed E-state index contributed by atoms with van der Waals surface area (Å²) in [7, 11) is 0. The lowest BCUT2D eigenvalue weighted by Crippen LogP contribution is -2.34. The molecule has 80 valence electrons. The Bertz CT molecular complexity index is 480. The zero-order valence-electron chi connectivity index (χ0n) is 9.62. The number of nitrogens with two attached hydrogens (primary N) is 1. The molecule has 0 radical (unpaired) electrons. The predicted molar refractivity (Wildman–Crippen MR) is 65.1 cm³/mol. The Morgan fingerprint density at radius 2 is 1.93 bits per heavy atom. The molecule has 0 saturated heterocycles. The van der Waals surface area contributed by atoms with Crippen LogP contribution in [0.1, 0.15) is 19.4 Å². The predicted octanol–water partition coefficient (Wildman–Crippen LogP) is 2.64. The summed E-state index contributed by atoms with van der Waals surface area (Å²) in [5, 5.41) is 1.32. The van der Waals surface area contributed by atoms with Gasteiger partial charge >= 0.3 is 0 Å². The van der Waals surface area contributed by atoms with Crippen molar-refractivity contribution < 1.29 is 0 Å². The summed E-state index contributed by atoms with van der Waals surface area (Å²) in [6, 6.07) is 8.47. The second-order valence-corrected chi connectivity index (χ2v) is 4.72. The van der Waals surface area contributed by atoms with Crippen molar-refractivity contribution in [1.29, 1.82) is 0 Å². The van der Waals surface area contributed by atoms with Gasteiger partial charge in [0.2, 0.25) is 0 Å². The fourth-order valence-electron chi connectivity index (χ4n) is 1.95. The Morgan fingerprint density at radius 1 is 1.27 bits per heavy atom. The molecule has 0 spiro atoms. The molecule has 0 aliphatic carbocycles. The van der Waals surface area contributed by atoms with Gasteiger partial charge in [-0.3, -0.25) is 0 Å². The molecule has 2 rings (SSSR count). The zero-order chi connectivity index (χ0) is 11.1. The lowest BCUT2D eigenvalue weighted by Gasteiger charge is -2.26. The Hall–Kier alpha value is -1.28. The van der Waals surface area contributed by atoms with Crippen molar-refractivity contribution in [3.8, 4) is 0 Å². The molecule has 1 aromatic carbocycles. The van der Waals surface area contributed by atoms with Crippen molar-refractivity contribution in [3.05, 3.63) is 36.0 Å². The molecular weight excluding hydrogens is 184 g/mol. The van der Waals surface area contributed by atoms with E-state index in [1.165, 1.54) is 16.5 Å². The zero-order valence-corrected chi connectivity index (χ0v) is 9.62. The molecule has 0 saturated carbocycles. The average molecular weight is 202 g/mol. The van der Waals surface area contributed by atoms with Crippen LogP contribution in [-0.2, 0) is 5.54 Å². The highest BCUT2D eigenvalue weighted by Gasteiger charge is 2.20. The topological polar surface area (TPSA) is 30.9 Å². The fraction of sp³-hybridized carbons (Fsp3) is 0.385. The number of fused-ring (bicyclic) bond motifs is 1. The first-order chi connectivity index (χ1) is 7.06. The third-order valence-corrected chi connectivity index (χ3v) is 3.06. The fourth-order valence-corrected chi connectivity index (χ4v) is 1.95. The minimum absolute atomic E-state index is 0.0200. The minimum atomic E-state index is -0.0200. The lowest BCUT2D eigenvalue weighted by molar-refractivity contribution is 0.379. The maximum Gasteiger partial charge on any atom is 0.0511 e. The molecule has 0 aliphatic heterocycles. The van der Waals surface area contributed by atoms with Crippen LogP contribution in [0.4, 0.5) is 0 Å². The van der Waals surface area contributed by atoms with Gasteiger partial charge < -0.3 is 10.3 Å². The standard InChI is InChI=1S/C13H18N2/c1-10-8-15(13(2,3)9-14)12-7-5-4-6-11(10)12/h4-8H,9,14H2,1-3H3. The number of hydrogen-bond donors (Lipinski definition) is 1. The maximum atomic E-state index is 5.82. The van der Waals surface area contributed by atoms with Crippen LogP contribution in [0.2, 0.25) is 0 Å². The van der Waals surface area contributed by atoms with Gasteiger partial charge in [0.05, 0.1) is 5.54 Å². The van der Waals surface area contributed by atoms with E-state index in [2.05, 4.69) is 55.8 Å². The molecule has 15 heavy (non-hydrogen) atoms. The Morgan fingerprint density at radius 3 is 2.60 bits per heavy atom. The number of nitrogens with zero attached hydrogens (tertiary/aromatic N) is 1. The van der Waals surface area contributed by atoms with Gasteiger partial charge in [-0.1, -0.05) is 18.2 Å². The molecule has 2 N–H and O–H groups in total. The largest absolute Gasteiger partial charge is 0.340 e. The summed E-state index contributed by atoms with van der Waals surface area (Å²) in [5.41, 5.74) is 8.38. The van der Waals surface area contributed by atoms with Gasteiger partial charge in [0.15, 0.2) is 0 Å². The van der Waals surface area contributed by atoms with E-state index in [1.807, 2.05) is 0 Å². The number of para-hydroxylation sites is 1. The first-order valence-corrected chi connectivity index (χ1v) is 5.33. The Balaban J connectivity index is 2.72. The van der Waals surface area contributed by atoms with E-state index in [1.54, 1.807) is 0 Å². The van der Waals surface area contributed by atoms with Crippen molar-refractivity contribution in [2.45, 2.75) is 26.3 Å². The molecule has 0 atom stereocenters. The smallest absolute Gasteiger partial charge is 0.0511 e. The van der Waals surface area contributed by atoms with Gasteiger partial charge in [-0.25, -0.2) is 0 Å². The van der Waals surface area contributed by atoms with Crippen molar-refractivity contribution in [2.75, 3.05) is 6.54 Å². The second kappa shape index (κ2) is 3.38. The van der Waals surface area contributed by atoms with Crippen LogP contribution in [0.5, 0.6) is 0 Å². The maximum absolute atomic E-state index is 5.82. The number of aryl methyl sites for hydroxylation is 1. The third-order valence-electron chi connectivity index (χ3n) is 3.06. The summed E-state index contributed by atoms with van der Waals surface area (Å²) >= 11 is 0. The first-order valence-electron chi connectivity index (χ1n) is 5.33. The van der Waals surface area contributed by atoms with Crippen molar-refractivity contribution in [1.82, 2.24) is 4.57 Å². The van der Waals surface area contributed by atoms with E-state index in [9.17, 15) is 0 Å². The van der Waals surface area contributed by atoms with Gasteiger partial charge in [-0.05, 0) is 32.4 Å². The van der Waals surface area contributed by atoms with Gasteiger partial charge in [0.1, 0.15) is 0 Å². The number of rotatable bonds is 2. The van der Waals surface area contributed by atoms with Gasteiger partial charge in [0, 0.05) is 23.6 Å². The Labute approximate surface area is 90.7 Å². The molecule has 2 nitrogen and oxygen atoms in total. The number of hydrogen-bond acceptors (Lipinski definition) is 1. The van der Waals surface area contributed by atoms with Gasteiger partial charge in [-0.2, -0.15) is 0 Å². The van der Waals surface area contributed by atoms with Gasteiger partial charge in [-0.15, -0.1) is 0 Å². The van der Waals surface area contributed by atoms with Crippen LogP contribution >= 0.6 is 0 Å². The molecule has 2 heteroatoms. The monoisotopic (exact) mass is 202 g/mol. The van der Waals surface area contributed by atoms with Gasteiger partial charge in [0.25, 0.3) is 0 Å². The van der Waals surface area contributed by atoms with Crippen molar-refractivity contribution in [2.24, 2.45) is 5.73 Å². The highest BCUT2D eigenvalue weighted by molar-refractivity contribution is 5.83. The quantitative estimate of drug-likeness (QED) is 0.797. The Kier molecular flexibility index (Phi) is 2.31. The normalized spacial score (nSPS) is 12.3. The third kappa shape index (κ3) is 1.55. The van der Waals surface area contributed by atoms with Crippen LogP contribution < -0.4 is 5.73 Å². The lowest BCUT2D eigenvalue weighted by atomic mass is 10.1. The van der Waals surface area contributed by atoms with Crippen molar-refractivity contribution in [3.63, 3.8) is 0 Å². The molecule has 0 bridgehead atoms. The second-order valence-electron chi connectivity index (χ2n) is 4.72. The molecule has 0 aliphatic rings. The van der Waals surface area contributed by atoms with Crippen molar-refractivity contribution >= 4 is 10.9 Å². The summed E-state index contributed by atoms with van der Waals surface area (Å²) < 4.78 is 2.28. The van der Waals surface area contributed by atoms with E-state index in [0.29, 0.717) is 6.54 Å². The molecule has 2 aromatic rings. The molecule has 1 heterocycles. The highest BCUT2D eigenvalue weighted by Crippen LogP contribution is 2.26. The number of benzene rings is 1. The molecule has 1 aromatic heterocycles. The molecular formula is C13H18N2. The van der Waals surface area contributed by atoms with Crippen LogP contribution in [0.3, 0.4) is 0 Å². The number of aromatic nitrogens is 1. The van der Waals surface area contributed by atoms with E-state index in [4.69, 9.17) is 5.73 Å². The van der Waals surface area contributed by atoms with Crippen LogP contribution in [-0.4, -0.2) is 11.1 Å². The van der Waals surface area contributed by atoms with E-state index in [0.717, 1.165) is 0 Å². The molecule has 0 fully saturated rings. The SMILES string of the molecule is Cc1cn(C(C)(C)CN)c2ccccc12. The summed E-state index contributed by atoms with van der Waals surface area (Å²) in [6.07, 6.45) is 2.19. The van der Waals surface area contributed by atoms with E-state index >= 15 is 0 Å². The highest BCUT2D eigenvalue weighted by atomic mass is 15.1. The van der Waals surface area contributed by atoms with Crippen LogP contribution in [0.25, 0.3) is 10.9 Å². The molecule has 0 amide bonds. The van der Waals surface area contributed by atoms with Crippen LogP contribution in [0.15, 0.2) is 30.5 Å². The van der Waals surface area contributed by atoms with E-state index in [-0.39, 0.29) is 5.54 Å². The summed E-state index contributed by atoms with van der Waals surface area (Å²) in [5.74, 6) is 0. The van der Waals surface area contributed by atoms with Crippen LogP contribution in [0, 0.1) is 6.92 Å². The summed E-state index contributed by atoms with van der Waals surface area (Å²) in [6.45, 7) is 7.12.